The van der Waals surface area contributed by atoms with Gasteiger partial charge in [0.25, 0.3) is 0 Å². The van der Waals surface area contributed by atoms with Crippen LogP contribution in [0.3, 0.4) is 0 Å². The third kappa shape index (κ3) is 5.32. The normalized spacial score (nSPS) is 11.9. The van der Waals surface area contributed by atoms with Gasteiger partial charge in [-0.2, -0.15) is 4.68 Å². The molecule has 1 aromatic carbocycles. The Morgan fingerprint density at radius 2 is 1.85 bits per heavy atom. The summed E-state index contributed by atoms with van der Waals surface area (Å²) in [6.45, 7) is 3.91. The monoisotopic (exact) mass is 389 g/mol. The minimum Gasteiger partial charge on any atom is -0.329 e. The van der Waals surface area contributed by atoms with Crippen molar-refractivity contribution in [3.05, 3.63) is 36.2 Å². The van der Waals surface area contributed by atoms with Crippen LogP contribution >= 0.6 is 11.8 Å². The van der Waals surface area contributed by atoms with Crippen LogP contribution in [0.25, 0.3) is 0 Å². The van der Waals surface area contributed by atoms with Gasteiger partial charge in [-0.3, -0.25) is 4.79 Å². The molecule has 2 amide bonds. The Morgan fingerprint density at radius 1 is 1.19 bits per heavy atom. The summed E-state index contributed by atoms with van der Waals surface area (Å²) >= 11 is 1.25. The first-order valence-corrected chi connectivity index (χ1v) is 9.90. The number of benzene rings is 1. The van der Waals surface area contributed by atoms with E-state index in [0.29, 0.717) is 17.4 Å². The fourth-order valence-corrected chi connectivity index (χ4v) is 3.38. The van der Waals surface area contributed by atoms with Gasteiger partial charge in [-0.25, -0.2) is 9.78 Å². The number of hydrogen-bond donors (Lipinski definition) is 0. The van der Waals surface area contributed by atoms with E-state index in [2.05, 4.69) is 17.0 Å². The minimum atomic E-state index is -0.410. The van der Waals surface area contributed by atoms with Gasteiger partial charge in [0.1, 0.15) is 0 Å². The fourth-order valence-electron chi connectivity index (χ4n) is 2.43. The van der Waals surface area contributed by atoms with Crippen molar-refractivity contribution < 1.29 is 9.59 Å². The van der Waals surface area contributed by atoms with Crippen LogP contribution in [0.15, 0.2) is 35.5 Å². The average molecular weight is 390 g/mol. The number of thioether (sulfide) groups is 1. The third-order valence-electron chi connectivity index (χ3n) is 4.04. The number of anilines is 1. The highest BCUT2D eigenvalue weighted by Crippen LogP contribution is 2.25. The van der Waals surface area contributed by atoms with Crippen molar-refractivity contribution >= 4 is 29.4 Å². The average Bonchev–Trinajstić information content (AvgIpc) is 3.07. The fraction of sp³-hybridized carbons (Fsp3) is 0.474. The highest BCUT2D eigenvalue weighted by molar-refractivity contribution is 8.00. The van der Waals surface area contributed by atoms with Crippen molar-refractivity contribution in [3.63, 3.8) is 0 Å². The summed E-state index contributed by atoms with van der Waals surface area (Å²) in [4.78, 5) is 32.8. The number of aromatic nitrogens is 3. The molecule has 1 atom stereocenters. The lowest BCUT2D eigenvalue weighted by Gasteiger charge is -2.21. The summed E-state index contributed by atoms with van der Waals surface area (Å²) < 4.78 is 1.29. The molecular formula is C19H27N5O2S. The minimum absolute atomic E-state index is 0.0619. The predicted octanol–water partition coefficient (Wildman–Crippen LogP) is 3.29. The van der Waals surface area contributed by atoms with Gasteiger partial charge in [-0.1, -0.05) is 43.3 Å². The van der Waals surface area contributed by atoms with E-state index in [-0.39, 0.29) is 11.9 Å². The summed E-state index contributed by atoms with van der Waals surface area (Å²) in [5.41, 5.74) is 0.824. The van der Waals surface area contributed by atoms with Crippen molar-refractivity contribution in [1.29, 1.82) is 0 Å². The van der Waals surface area contributed by atoms with E-state index in [0.717, 1.165) is 18.5 Å². The molecule has 0 saturated carbocycles. The molecule has 2 rings (SSSR count). The van der Waals surface area contributed by atoms with Crippen molar-refractivity contribution in [2.45, 2.75) is 43.5 Å². The van der Waals surface area contributed by atoms with Crippen LogP contribution in [0.2, 0.25) is 0 Å². The van der Waals surface area contributed by atoms with Gasteiger partial charge in [-0.15, -0.1) is 5.10 Å². The second-order valence-electron chi connectivity index (χ2n) is 6.50. The van der Waals surface area contributed by atoms with Crippen LogP contribution in [-0.2, 0) is 11.2 Å². The first-order chi connectivity index (χ1) is 12.8. The van der Waals surface area contributed by atoms with Gasteiger partial charge in [-0.05, 0) is 25.5 Å². The molecule has 0 radical (unpaired) electrons. The second kappa shape index (κ2) is 9.55. The Labute approximate surface area is 164 Å². The predicted molar refractivity (Wildman–Crippen MR) is 108 cm³/mol. The molecule has 0 bridgehead atoms. The standard InChI is InChI=1S/C19H27N5O2S/c1-6-7-13-16-20-18(24(21-16)19(26)22(3)4)27-14(2)17(25)23(5)15-11-9-8-10-12-15/h8-12,14H,6-7,13H2,1-5H3. The van der Waals surface area contributed by atoms with Crippen molar-refractivity contribution in [3.8, 4) is 0 Å². The third-order valence-corrected chi connectivity index (χ3v) is 5.07. The number of unbranched alkanes of at least 4 members (excludes halogenated alkanes) is 1. The zero-order valence-electron chi connectivity index (χ0n) is 16.5. The zero-order valence-corrected chi connectivity index (χ0v) is 17.4. The number of nitrogens with zero attached hydrogens (tertiary/aromatic N) is 5. The van der Waals surface area contributed by atoms with Crippen molar-refractivity contribution in [2.75, 3.05) is 26.0 Å². The van der Waals surface area contributed by atoms with E-state index < -0.39 is 5.25 Å². The molecule has 1 unspecified atom stereocenters. The molecule has 2 aromatic rings. The van der Waals surface area contributed by atoms with E-state index in [1.54, 1.807) is 26.0 Å². The van der Waals surface area contributed by atoms with Crippen LogP contribution in [0, 0.1) is 0 Å². The van der Waals surface area contributed by atoms with Gasteiger partial charge < -0.3 is 9.80 Å². The Bertz CT molecular complexity index is 776. The van der Waals surface area contributed by atoms with Crippen LogP contribution < -0.4 is 4.90 Å². The van der Waals surface area contributed by atoms with Crippen LogP contribution in [0.4, 0.5) is 10.5 Å². The lowest BCUT2D eigenvalue weighted by molar-refractivity contribution is -0.117. The number of hydrogen-bond acceptors (Lipinski definition) is 5. The van der Waals surface area contributed by atoms with Crippen LogP contribution in [-0.4, -0.2) is 58.0 Å². The highest BCUT2D eigenvalue weighted by Gasteiger charge is 2.25. The van der Waals surface area contributed by atoms with E-state index in [9.17, 15) is 9.59 Å². The molecule has 146 valence electrons. The quantitative estimate of drug-likeness (QED) is 0.680. The molecule has 0 N–H and O–H groups in total. The molecule has 27 heavy (non-hydrogen) atoms. The Kier molecular flexibility index (Phi) is 7.41. The smallest absolute Gasteiger partial charge is 0.329 e. The first-order valence-electron chi connectivity index (χ1n) is 9.02. The Balaban J connectivity index is 2.19. The second-order valence-corrected chi connectivity index (χ2v) is 7.80. The van der Waals surface area contributed by atoms with Gasteiger partial charge >= 0.3 is 6.03 Å². The summed E-state index contributed by atoms with van der Waals surface area (Å²) in [5, 5.41) is 4.39. The summed E-state index contributed by atoms with van der Waals surface area (Å²) in [6.07, 6.45) is 2.69. The highest BCUT2D eigenvalue weighted by atomic mass is 32.2. The molecule has 7 nitrogen and oxygen atoms in total. The number of carbonyl (C=O) groups is 2. The summed E-state index contributed by atoms with van der Waals surface area (Å²) in [7, 11) is 5.08. The molecule has 0 aliphatic heterocycles. The van der Waals surface area contributed by atoms with E-state index in [4.69, 9.17) is 0 Å². The van der Waals surface area contributed by atoms with Crippen molar-refractivity contribution in [2.24, 2.45) is 0 Å². The van der Waals surface area contributed by atoms with Gasteiger partial charge in [0, 0.05) is 33.3 Å². The first kappa shape index (κ1) is 21.0. The molecule has 0 aliphatic carbocycles. The van der Waals surface area contributed by atoms with E-state index in [1.807, 2.05) is 37.3 Å². The lowest BCUT2D eigenvalue weighted by Crippen LogP contribution is -2.34. The molecule has 8 heteroatoms. The van der Waals surface area contributed by atoms with Crippen LogP contribution in [0.1, 0.15) is 32.5 Å². The number of carbonyl (C=O) groups excluding carboxylic acids is 2. The topological polar surface area (TPSA) is 71.3 Å². The van der Waals surface area contributed by atoms with Crippen LogP contribution in [0.5, 0.6) is 0 Å². The molecule has 0 fully saturated rings. The Morgan fingerprint density at radius 3 is 2.44 bits per heavy atom. The number of rotatable bonds is 7. The molecule has 0 aliphatic rings. The van der Waals surface area contributed by atoms with Crippen molar-refractivity contribution in [1.82, 2.24) is 19.7 Å². The SMILES string of the molecule is CCCCc1nc(SC(C)C(=O)N(C)c2ccccc2)n(C(=O)N(C)C)n1. The van der Waals surface area contributed by atoms with Gasteiger partial charge in [0.15, 0.2) is 11.0 Å². The number of para-hydroxylation sites is 1. The maximum absolute atomic E-state index is 12.8. The molecular weight excluding hydrogens is 362 g/mol. The number of aryl methyl sites for hydroxylation is 1. The molecule has 1 aromatic heterocycles. The van der Waals surface area contributed by atoms with Gasteiger partial charge in [0.2, 0.25) is 5.91 Å². The Hall–Kier alpha value is -2.35. The summed E-state index contributed by atoms with van der Waals surface area (Å²) in [5.74, 6) is 0.568. The maximum Gasteiger partial charge on any atom is 0.346 e. The maximum atomic E-state index is 12.8. The molecule has 1 heterocycles. The largest absolute Gasteiger partial charge is 0.346 e. The number of amides is 2. The van der Waals surface area contributed by atoms with E-state index in [1.165, 1.54) is 21.3 Å². The molecule has 0 spiro atoms. The zero-order chi connectivity index (χ0) is 20.0. The van der Waals surface area contributed by atoms with Gasteiger partial charge in [0.05, 0.1) is 5.25 Å². The lowest BCUT2D eigenvalue weighted by atomic mass is 10.2. The summed E-state index contributed by atoms with van der Waals surface area (Å²) in [6, 6.07) is 9.19. The van der Waals surface area contributed by atoms with E-state index >= 15 is 0 Å². The molecule has 0 saturated heterocycles.